The first kappa shape index (κ1) is 11.3. The molecular weight excluding hydrogens is 229 g/mol. The Morgan fingerprint density at radius 2 is 2.19 bits per heavy atom. The molecule has 0 radical (unpaired) electrons. The van der Waals surface area contributed by atoms with Crippen molar-refractivity contribution in [3.05, 3.63) is 35.4 Å². The van der Waals surface area contributed by atoms with Gasteiger partial charge in [0.1, 0.15) is 0 Å². The van der Waals surface area contributed by atoms with E-state index in [1.165, 1.54) is 0 Å². The second-order valence-electron chi connectivity index (χ2n) is 3.53. The van der Waals surface area contributed by atoms with Gasteiger partial charge < -0.3 is 9.73 Å². The fourth-order valence-electron chi connectivity index (χ4n) is 1.45. The van der Waals surface area contributed by atoms with Crippen molar-refractivity contribution in [3.63, 3.8) is 0 Å². The molecule has 2 unspecified atom stereocenters. The molecule has 1 aromatic carbocycles. The largest absolute Gasteiger partial charge is 0.362 e. The summed E-state index contributed by atoms with van der Waals surface area (Å²) >= 11 is 0. The monoisotopic (exact) mass is 241 g/mol. The van der Waals surface area contributed by atoms with Crippen molar-refractivity contribution >= 4 is 14.0 Å². The summed E-state index contributed by atoms with van der Waals surface area (Å²) in [6.45, 7) is 2.00. The molecule has 1 aliphatic heterocycles. The zero-order valence-corrected chi connectivity index (χ0v) is 9.71. The maximum Gasteiger partial charge on any atom is 0.319 e. The number of nitrogens with zero attached hydrogens (tertiary/aromatic N) is 1. The van der Waals surface area contributed by atoms with Crippen molar-refractivity contribution in [1.29, 1.82) is 0 Å². The summed E-state index contributed by atoms with van der Waals surface area (Å²) in [7, 11) is -2.98. The molecule has 6 heteroatoms. The van der Waals surface area contributed by atoms with Crippen LogP contribution in [-0.4, -0.2) is 16.9 Å². The van der Waals surface area contributed by atoms with Crippen LogP contribution in [0.15, 0.2) is 29.4 Å². The number of aryl methyl sites for hydroxylation is 1. The van der Waals surface area contributed by atoms with Crippen LogP contribution < -0.4 is 0 Å². The highest BCUT2D eigenvalue weighted by Crippen LogP contribution is 2.26. The molecule has 1 N–H and O–H groups in total. The molecule has 0 amide bonds. The van der Waals surface area contributed by atoms with Crippen molar-refractivity contribution in [1.82, 2.24) is 0 Å². The molecule has 2 atom stereocenters. The Kier molecular flexibility index (Phi) is 3.39. The summed E-state index contributed by atoms with van der Waals surface area (Å²) in [5.74, 6) is 0. The molecule has 0 aromatic heterocycles. The van der Waals surface area contributed by atoms with Crippen molar-refractivity contribution in [2.45, 2.75) is 19.6 Å². The SMILES string of the molecule is Cc1ccc(C2=NOC(O[PH](=O)O)C2)cc1. The van der Waals surface area contributed by atoms with Crippen LogP contribution in [0.5, 0.6) is 0 Å². The van der Waals surface area contributed by atoms with E-state index in [-0.39, 0.29) is 0 Å². The summed E-state index contributed by atoms with van der Waals surface area (Å²) in [4.78, 5) is 13.5. The minimum absolute atomic E-state index is 0.389. The van der Waals surface area contributed by atoms with E-state index in [9.17, 15) is 4.57 Å². The number of hydrogen-bond acceptors (Lipinski definition) is 4. The molecule has 0 spiro atoms. The molecule has 0 saturated carbocycles. The maximum atomic E-state index is 10.5. The molecule has 0 bridgehead atoms. The maximum absolute atomic E-state index is 10.5. The van der Waals surface area contributed by atoms with Crippen LogP contribution in [0.3, 0.4) is 0 Å². The van der Waals surface area contributed by atoms with Gasteiger partial charge in [-0.15, -0.1) is 0 Å². The highest BCUT2D eigenvalue weighted by atomic mass is 31.1. The fourth-order valence-corrected chi connectivity index (χ4v) is 1.80. The first-order valence-corrected chi connectivity index (χ1v) is 6.11. The smallest absolute Gasteiger partial charge is 0.319 e. The van der Waals surface area contributed by atoms with E-state index in [4.69, 9.17) is 9.73 Å². The zero-order chi connectivity index (χ0) is 11.5. The second kappa shape index (κ2) is 4.78. The molecule has 0 fully saturated rings. The van der Waals surface area contributed by atoms with Gasteiger partial charge in [-0.25, -0.2) is 0 Å². The van der Waals surface area contributed by atoms with Gasteiger partial charge >= 0.3 is 8.25 Å². The molecule has 16 heavy (non-hydrogen) atoms. The third-order valence-corrected chi connectivity index (χ3v) is 2.72. The molecule has 2 rings (SSSR count). The van der Waals surface area contributed by atoms with Gasteiger partial charge in [0.25, 0.3) is 0 Å². The normalized spacial score (nSPS) is 21.4. The third-order valence-electron chi connectivity index (χ3n) is 2.26. The molecule has 5 nitrogen and oxygen atoms in total. The van der Waals surface area contributed by atoms with Crippen molar-refractivity contribution in [3.8, 4) is 0 Å². The van der Waals surface area contributed by atoms with Crippen LogP contribution in [0.2, 0.25) is 0 Å². The molecule has 86 valence electrons. The van der Waals surface area contributed by atoms with Crippen LogP contribution in [0.1, 0.15) is 17.5 Å². The van der Waals surface area contributed by atoms with E-state index in [0.717, 1.165) is 16.8 Å². The Labute approximate surface area is 93.6 Å². The van der Waals surface area contributed by atoms with Crippen LogP contribution in [0.25, 0.3) is 0 Å². The van der Waals surface area contributed by atoms with E-state index in [2.05, 4.69) is 9.68 Å². The molecule has 0 aliphatic carbocycles. The lowest BCUT2D eigenvalue weighted by molar-refractivity contribution is -0.0578. The van der Waals surface area contributed by atoms with Gasteiger partial charge in [-0.3, -0.25) is 9.09 Å². The Hall–Kier alpha value is -1.16. The van der Waals surface area contributed by atoms with E-state index in [1.807, 2.05) is 31.2 Å². The van der Waals surface area contributed by atoms with E-state index in [1.54, 1.807) is 0 Å². The lowest BCUT2D eigenvalue weighted by atomic mass is 10.1. The van der Waals surface area contributed by atoms with E-state index >= 15 is 0 Å². The molecule has 0 saturated heterocycles. The zero-order valence-electron chi connectivity index (χ0n) is 8.71. The Morgan fingerprint density at radius 1 is 1.50 bits per heavy atom. The fraction of sp³-hybridized carbons (Fsp3) is 0.300. The van der Waals surface area contributed by atoms with Gasteiger partial charge in [0.2, 0.25) is 6.29 Å². The summed E-state index contributed by atoms with van der Waals surface area (Å²) < 4.78 is 15.1. The summed E-state index contributed by atoms with van der Waals surface area (Å²) in [6, 6.07) is 7.81. The lowest BCUT2D eigenvalue weighted by Gasteiger charge is -2.05. The first-order valence-electron chi connectivity index (χ1n) is 4.84. The van der Waals surface area contributed by atoms with Crippen LogP contribution >= 0.6 is 8.25 Å². The van der Waals surface area contributed by atoms with Gasteiger partial charge in [-0.1, -0.05) is 35.0 Å². The summed E-state index contributed by atoms with van der Waals surface area (Å²) in [5, 5.41) is 3.83. The molecule has 1 aliphatic rings. The number of hydrogen-bond donors (Lipinski definition) is 1. The van der Waals surface area contributed by atoms with Gasteiger partial charge in [-0.05, 0) is 12.5 Å². The van der Waals surface area contributed by atoms with Crippen molar-refractivity contribution in [2.75, 3.05) is 0 Å². The Balaban J connectivity index is 2.03. The van der Waals surface area contributed by atoms with Crippen LogP contribution in [0, 0.1) is 6.92 Å². The van der Waals surface area contributed by atoms with Gasteiger partial charge in [-0.2, -0.15) is 0 Å². The predicted molar refractivity (Wildman–Crippen MR) is 59.5 cm³/mol. The highest BCUT2D eigenvalue weighted by molar-refractivity contribution is 7.32. The third kappa shape index (κ3) is 2.70. The second-order valence-corrected chi connectivity index (χ2v) is 4.29. The van der Waals surface area contributed by atoms with Gasteiger partial charge in [0, 0.05) is 0 Å². The van der Waals surface area contributed by atoms with Gasteiger partial charge in [0.05, 0.1) is 12.1 Å². The Morgan fingerprint density at radius 3 is 2.81 bits per heavy atom. The number of benzene rings is 1. The van der Waals surface area contributed by atoms with Crippen molar-refractivity contribution < 1.29 is 18.8 Å². The standard InChI is InChI=1S/C10H12NO4P/c1-7-2-4-8(5-3-7)9-6-10(14-11-9)15-16(12)13/h2-5,10,16H,6H2,1H3,(H,12,13). The van der Waals surface area contributed by atoms with Crippen LogP contribution in [0.4, 0.5) is 0 Å². The van der Waals surface area contributed by atoms with Crippen molar-refractivity contribution in [2.24, 2.45) is 5.16 Å². The number of oxime groups is 1. The summed E-state index contributed by atoms with van der Waals surface area (Å²) in [6.07, 6.45) is -0.354. The average molecular weight is 241 g/mol. The van der Waals surface area contributed by atoms with E-state index < -0.39 is 14.5 Å². The summed E-state index contributed by atoms with van der Waals surface area (Å²) in [5.41, 5.74) is 2.83. The van der Waals surface area contributed by atoms with Gasteiger partial charge in [0.15, 0.2) is 0 Å². The Bertz CT molecular complexity index is 429. The predicted octanol–water partition coefficient (Wildman–Crippen LogP) is 1.84. The number of rotatable bonds is 3. The topological polar surface area (TPSA) is 68.1 Å². The highest BCUT2D eigenvalue weighted by Gasteiger charge is 2.23. The molecule has 1 heterocycles. The minimum atomic E-state index is -2.98. The van der Waals surface area contributed by atoms with Crippen LogP contribution in [-0.2, 0) is 13.9 Å². The molecule has 1 aromatic rings. The first-order chi connectivity index (χ1) is 7.65. The lowest BCUT2D eigenvalue weighted by Crippen LogP contribution is -2.09. The average Bonchev–Trinajstić information content (AvgIpc) is 2.66. The minimum Gasteiger partial charge on any atom is -0.362 e. The molecular formula is C10H12NO4P. The van der Waals surface area contributed by atoms with E-state index in [0.29, 0.717) is 6.42 Å². The quantitative estimate of drug-likeness (QED) is 0.820.